The van der Waals surface area contributed by atoms with Gasteiger partial charge in [-0.1, -0.05) is 48.0 Å². The lowest BCUT2D eigenvalue weighted by molar-refractivity contribution is 0.0949. The molecule has 146 valence electrons. The van der Waals surface area contributed by atoms with E-state index in [-0.39, 0.29) is 5.91 Å². The largest absolute Gasteiger partial charge is 0.366 e. The number of hydrogen-bond donors (Lipinski definition) is 3. The molecule has 0 spiro atoms. The lowest BCUT2D eigenvalue weighted by Gasteiger charge is -2.08. The second-order valence-corrected chi connectivity index (χ2v) is 7.00. The molecule has 0 aliphatic carbocycles. The Morgan fingerprint density at radius 2 is 1.97 bits per heavy atom. The molecule has 0 aliphatic rings. The molecule has 6 heteroatoms. The van der Waals surface area contributed by atoms with Crippen LogP contribution < -0.4 is 10.6 Å². The quantitative estimate of drug-likeness (QED) is 0.451. The van der Waals surface area contributed by atoms with E-state index in [1.807, 2.05) is 30.5 Å². The topological polar surface area (TPSA) is 82.7 Å². The summed E-state index contributed by atoms with van der Waals surface area (Å²) in [5.41, 5.74) is 5.01. The molecular formula is C23H23N5O. The van der Waals surface area contributed by atoms with E-state index in [1.54, 1.807) is 6.07 Å². The van der Waals surface area contributed by atoms with Crippen molar-refractivity contribution in [2.45, 2.75) is 19.9 Å². The molecule has 4 aromatic rings. The fraction of sp³-hybridized carbons (Fsp3) is 0.174. The van der Waals surface area contributed by atoms with Crippen molar-refractivity contribution in [3.05, 3.63) is 89.5 Å². The van der Waals surface area contributed by atoms with Gasteiger partial charge in [0.15, 0.2) is 0 Å². The predicted molar refractivity (Wildman–Crippen MR) is 115 cm³/mol. The number of aromatic nitrogens is 3. The molecule has 0 unspecified atom stereocenters. The summed E-state index contributed by atoms with van der Waals surface area (Å²) >= 11 is 0. The number of rotatable bonds is 7. The molecule has 6 nitrogen and oxygen atoms in total. The minimum Gasteiger partial charge on any atom is -0.366 e. The maximum Gasteiger partial charge on any atom is 0.270 e. The Morgan fingerprint density at radius 3 is 2.86 bits per heavy atom. The molecule has 0 fully saturated rings. The number of anilines is 1. The van der Waals surface area contributed by atoms with Gasteiger partial charge in [0, 0.05) is 36.3 Å². The Bertz CT molecular complexity index is 1130. The van der Waals surface area contributed by atoms with E-state index in [1.165, 1.54) is 22.8 Å². The van der Waals surface area contributed by atoms with Crippen LogP contribution in [0.4, 0.5) is 5.82 Å². The molecule has 2 heterocycles. The second-order valence-electron chi connectivity index (χ2n) is 7.00. The Morgan fingerprint density at radius 1 is 1.07 bits per heavy atom. The standard InChI is InChI=1S/C23H23N5O/c1-16-5-4-6-17(11-16)13-26-22-12-21(27-15-28-22)23(29)24-10-9-18-14-25-20-8-3-2-7-19(18)20/h2-8,11-12,14-15,25H,9-10,13H2,1H3,(H,24,29)(H,26,27,28). The highest BCUT2D eigenvalue weighted by Gasteiger charge is 2.09. The molecule has 0 atom stereocenters. The number of hydrogen-bond acceptors (Lipinski definition) is 4. The Labute approximate surface area is 169 Å². The number of nitrogens with zero attached hydrogens (tertiary/aromatic N) is 2. The summed E-state index contributed by atoms with van der Waals surface area (Å²) in [6.07, 6.45) is 4.15. The summed E-state index contributed by atoms with van der Waals surface area (Å²) in [4.78, 5) is 24.0. The summed E-state index contributed by atoms with van der Waals surface area (Å²) in [6.45, 7) is 3.24. The molecule has 0 bridgehead atoms. The van der Waals surface area contributed by atoms with Crippen molar-refractivity contribution in [1.82, 2.24) is 20.3 Å². The number of aromatic amines is 1. The zero-order valence-electron chi connectivity index (χ0n) is 16.3. The van der Waals surface area contributed by atoms with Gasteiger partial charge < -0.3 is 15.6 Å². The third-order valence-electron chi connectivity index (χ3n) is 4.81. The first-order valence-corrected chi connectivity index (χ1v) is 9.64. The van der Waals surface area contributed by atoms with Crippen LogP contribution in [-0.2, 0) is 13.0 Å². The lowest BCUT2D eigenvalue weighted by atomic mass is 10.1. The summed E-state index contributed by atoms with van der Waals surface area (Å²) in [7, 11) is 0. The van der Waals surface area contributed by atoms with Crippen LogP contribution in [0.15, 0.2) is 67.1 Å². The first kappa shape index (κ1) is 18.7. The lowest BCUT2D eigenvalue weighted by Crippen LogP contribution is -2.26. The maximum absolute atomic E-state index is 12.5. The molecule has 0 radical (unpaired) electrons. The number of H-pyrrole nitrogens is 1. The van der Waals surface area contributed by atoms with Gasteiger partial charge in [-0.2, -0.15) is 0 Å². The summed E-state index contributed by atoms with van der Waals surface area (Å²) in [6, 6.07) is 18.1. The normalized spacial score (nSPS) is 10.8. The van der Waals surface area contributed by atoms with E-state index in [0.29, 0.717) is 24.6 Å². The van der Waals surface area contributed by atoms with Crippen LogP contribution in [-0.4, -0.2) is 27.4 Å². The minimum atomic E-state index is -0.203. The number of nitrogens with one attached hydrogen (secondary N) is 3. The van der Waals surface area contributed by atoms with E-state index >= 15 is 0 Å². The number of carbonyl (C=O) groups is 1. The molecule has 0 saturated heterocycles. The van der Waals surface area contributed by atoms with Gasteiger partial charge in [0.1, 0.15) is 17.8 Å². The van der Waals surface area contributed by atoms with Crippen LogP contribution in [0.5, 0.6) is 0 Å². The van der Waals surface area contributed by atoms with Crippen molar-refractivity contribution < 1.29 is 4.79 Å². The first-order valence-electron chi connectivity index (χ1n) is 9.64. The van der Waals surface area contributed by atoms with E-state index in [4.69, 9.17) is 0 Å². The third kappa shape index (κ3) is 4.60. The average Bonchev–Trinajstić information content (AvgIpc) is 3.16. The molecular weight excluding hydrogens is 362 g/mol. The van der Waals surface area contributed by atoms with Crippen LogP contribution in [0.3, 0.4) is 0 Å². The zero-order chi connectivity index (χ0) is 20.1. The van der Waals surface area contributed by atoms with E-state index < -0.39 is 0 Å². The van der Waals surface area contributed by atoms with Crippen molar-refractivity contribution >= 4 is 22.6 Å². The molecule has 2 aromatic carbocycles. The predicted octanol–water partition coefficient (Wildman–Crippen LogP) is 3.85. The van der Waals surface area contributed by atoms with Gasteiger partial charge in [-0.3, -0.25) is 4.79 Å². The van der Waals surface area contributed by atoms with E-state index in [0.717, 1.165) is 17.5 Å². The number of aryl methyl sites for hydroxylation is 1. The van der Waals surface area contributed by atoms with Crippen molar-refractivity contribution in [3.63, 3.8) is 0 Å². The number of benzene rings is 2. The third-order valence-corrected chi connectivity index (χ3v) is 4.81. The van der Waals surface area contributed by atoms with Crippen molar-refractivity contribution in [2.75, 3.05) is 11.9 Å². The number of carbonyl (C=O) groups excluding carboxylic acids is 1. The van der Waals surface area contributed by atoms with Crippen LogP contribution in [0.1, 0.15) is 27.2 Å². The van der Waals surface area contributed by atoms with Crippen molar-refractivity contribution in [1.29, 1.82) is 0 Å². The van der Waals surface area contributed by atoms with Crippen molar-refractivity contribution in [2.24, 2.45) is 0 Å². The van der Waals surface area contributed by atoms with Crippen LogP contribution in [0, 0.1) is 6.92 Å². The number of amides is 1. The molecule has 0 aliphatic heterocycles. The number of fused-ring (bicyclic) bond motifs is 1. The summed E-state index contributed by atoms with van der Waals surface area (Å²) in [5, 5.41) is 7.37. The summed E-state index contributed by atoms with van der Waals surface area (Å²) < 4.78 is 0. The van der Waals surface area contributed by atoms with Crippen LogP contribution >= 0.6 is 0 Å². The Kier molecular flexibility index (Phi) is 5.52. The SMILES string of the molecule is Cc1cccc(CNc2cc(C(=O)NCCc3c[nH]c4ccccc34)ncn2)c1. The van der Waals surface area contributed by atoms with E-state index in [9.17, 15) is 4.79 Å². The van der Waals surface area contributed by atoms with Gasteiger partial charge in [0.05, 0.1) is 0 Å². The fourth-order valence-corrected chi connectivity index (χ4v) is 3.33. The highest BCUT2D eigenvalue weighted by Crippen LogP contribution is 2.17. The molecule has 29 heavy (non-hydrogen) atoms. The fourth-order valence-electron chi connectivity index (χ4n) is 3.33. The Balaban J connectivity index is 1.33. The molecule has 3 N–H and O–H groups in total. The Hall–Kier alpha value is -3.67. The maximum atomic E-state index is 12.5. The van der Waals surface area contributed by atoms with Gasteiger partial charge >= 0.3 is 0 Å². The van der Waals surface area contributed by atoms with Gasteiger partial charge in [-0.25, -0.2) is 9.97 Å². The molecule has 2 aromatic heterocycles. The van der Waals surface area contributed by atoms with Gasteiger partial charge in [0.2, 0.25) is 0 Å². The molecule has 0 saturated carbocycles. The van der Waals surface area contributed by atoms with Crippen molar-refractivity contribution in [3.8, 4) is 0 Å². The summed E-state index contributed by atoms with van der Waals surface area (Å²) in [5.74, 6) is 0.425. The molecule has 4 rings (SSSR count). The van der Waals surface area contributed by atoms with Crippen LogP contribution in [0.25, 0.3) is 10.9 Å². The monoisotopic (exact) mass is 385 g/mol. The number of para-hydroxylation sites is 1. The van der Waals surface area contributed by atoms with E-state index in [2.05, 4.69) is 56.8 Å². The average molecular weight is 385 g/mol. The van der Waals surface area contributed by atoms with Gasteiger partial charge in [-0.05, 0) is 30.5 Å². The zero-order valence-corrected chi connectivity index (χ0v) is 16.3. The smallest absolute Gasteiger partial charge is 0.270 e. The molecule has 1 amide bonds. The first-order chi connectivity index (χ1) is 14.2. The highest BCUT2D eigenvalue weighted by molar-refractivity contribution is 5.92. The second kappa shape index (κ2) is 8.56. The van der Waals surface area contributed by atoms with Gasteiger partial charge in [-0.15, -0.1) is 0 Å². The highest BCUT2D eigenvalue weighted by atomic mass is 16.1. The minimum absolute atomic E-state index is 0.203. The van der Waals surface area contributed by atoms with Crippen LogP contribution in [0.2, 0.25) is 0 Å². The van der Waals surface area contributed by atoms with Gasteiger partial charge in [0.25, 0.3) is 5.91 Å².